The van der Waals surface area contributed by atoms with Gasteiger partial charge in [-0.3, -0.25) is 10.1 Å². The van der Waals surface area contributed by atoms with Gasteiger partial charge in [-0.25, -0.2) is 4.65 Å². The average Bonchev–Trinajstić information content (AvgIpc) is 2.78. The third kappa shape index (κ3) is 2.16. The SMILES string of the molecule is O=[N+]([O-])c1ccc2c(c1)[N+](=O)C1=Cc3ccc(C(F)(F)F)cc3C[N+]12[O-]. The Morgan fingerprint density at radius 1 is 1.15 bits per heavy atom. The normalized spacial score (nSPS) is 20.9. The van der Waals surface area contributed by atoms with Gasteiger partial charge < -0.3 is 5.21 Å². The van der Waals surface area contributed by atoms with Crippen molar-refractivity contribution in [3.05, 3.63) is 79.1 Å². The summed E-state index contributed by atoms with van der Waals surface area (Å²) in [4.78, 5) is 22.7. The van der Waals surface area contributed by atoms with Crippen LogP contribution < -0.4 is 4.65 Å². The Morgan fingerprint density at radius 3 is 2.54 bits per heavy atom. The molecule has 0 radical (unpaired) electrons. The van der Waals surface area contributed by atoms with Crippen LogP contribution in [0.15, 0.2) is 42.2 Å². The molecule has 0 amide bonds. The second kappa shape index (κ2) is 4.96. The molecule has 0 spiro atoms. The Morgan fingerprint density at radius 2 is 1.88 bits per heavy atom. The van der Waals surface area contributed by atoms with Crippen LogP contribution >= 0.6 is 0 Å². The van der Waals surface area contributed by atoms with Gasteiger partial charge >= 0.3 is 17.7 Å². The summed E-state index contributed by atoms with van der Waals surface area (Å²) in [6, 6.07) is 6.22. The molecule has 0 N–H and O–H groups in total. The Labute approximate surface area is 143 Å². The summed E-state index contributed by atoms with van der Waals surface area (Å²) in [6.07, 6.45) is -3.33. The Bertz CT molecular complexity index is 1030. The smallest absolute Gasteiger partial charge is 0.429 e. The molecule has 0 aromatic heterocycles. The van der Waals surface area contributed by atoms with Crippen molar-refractivity contribution >= 4 is 23.1 Å². The highest BCUT2D eigenvalue weighted by atomic mass is 19.4. The lowest BCUT2D eigenvalue weighted by molar-refractivity contribution is -0.412. The van der Waals surface area contributed by atoms with E-state index in [1.807, 2.05) is 0 Å². The summed E-state index contributed by atoms with van der Waals surface area (Å²) in [7, 11) is 0. The summed E-state index contributed by atoms with van der Waals surface area (Å²) in [5.41, 5.74) is -0.974. The number of nitrogens with zero attached hydrogens (tertiary/aromatic N) is 3. The number of alkyl halides is 3. The van der Waals surface area contributed by atoms with E-state index in [1.54, 1.807) is 0 Å². The molecular weight excluding hydrogens is 355 g/mol. The number of hydroxylamine groups is 2. The number of rotatable bonds is 1. The third-order valence-electron chi connectivity index (χ3n) is 4.50. The van der Waals surface area contributed by atoms with Crippen molar-refractivity contribution in [2.75, 3.05) is 0 Å². The van der Waals surface area contributed by atoms with E-state index in [0.29, 0.717) is 10.3 Å². The highest BCUT2D eigenvalue weighted by Gasteiger charge is 2.55. The number of nitro groups is 1. The number of hydrogen-bond acceptors (Lipinski definition) is 4. The Balaban J connectivity index is 1.88. The van der Waals surface area contributed by atoms with E-state index in [4.69, 9.17) is 0 Å². The molecule has 2 heterocycles. The van der Waals surface area contributed by atoms with Gasteiger partial charge in [0.05, 0.1) is 22.6 Å². The number of non-ortho nitro benzene ring substituents is 1. The molecule has 0 bridgehead atoms. The lowest BCUT2D eigenvalue weighted by Gasteiger charge is -2.35. The standard InChI is InChI=1S/C16H9F3N3O4/c17-16(18,19)11-2-1-9-6-15-20(23)13-7-12(21(24)25)3-4-14(13)22(15,26)8-10(9)5-11/h1-7H,8H2/q+1. The molecule has 10 heteroatoms. The molecule has 4 rings (SSSR count). The van der Waals surface area contributed by atoms with E-state index in [-0.39, 0.29) is 28.4 Å². The predicted octanol–water partition coefficient (Wildman–Crippen LogP) is 4.35. The van der Waals surface area contributed by atoms with Crippen LogP contribution in [0.25, 0.3) is 6.08 Å². The van der Waals surface area contributed by atoms with Gasteiger partial charge in [0.25, 0.3) is 5.69 Å². The summed E-state index contributed by atoms with van der Waals surface area (Å²) >= 11 is 0. The molecule has 2 aromatic carbocycles. The van der Waals surface area contributed by atoms with E-state index in [0.717, 1.165) is 24.3 Å². The van der Waals surface area contributed by atoms with Crippen LogP contribution in [-0.4, -0.2) is 9.68 Å². The third-order valence-corrected chi connectivity index (χ3v) is 4.50. The molecule has 2 aliphatic rings. The molecule has 132 valence electrons. The fourth-order valence-corrected chi connectivity index (χ4v) is 3.25. The summed E-state index contributed by atoms with van der Waals surface area (Å²) in [5.74, 6) is -0.243. The van der Waals surface area contributed by atoms with Crippen LogP contribution in [0.5, 0.6) is 0 Å². The number of hydrogen-bond donors (Lipinski definition) is 0. The first kappa shape index (κ1) is 16.4. The fourth-order valence-electron chi connectivity index (χ4n) is 3.25. The quantitative estimate of drug-likeness (QED) is 0.247. The number of fused-ring (bicyclic) bond motifs is 4. The van der Waals surface area contributed by atoms with E-state index >= 15 is 0 Å². The van der Waals surface area contributed by atoms with Crippen LogP contribution in [0, 0.1) is 20.2 Å². The average molecular weight is 364 g/mol. The molecule has 0 saturated carbocycles. The Hall–Kier alpha value is -3.11. The molecule has 2 aliphatic heterocycles. The summed E-state index contributed by atoms with van der Waals surface area (Å²) < 4.78 is 37.8. The van der Waals surface area contributed by atoms with Crippen molar-refractivity contribution in [2.24, 2.45) is 0 Å². The van der Waals surface area contributed by atoms with Gasteiger partial charge in [0, 0.05) is 22.6 Å². The maximum Gasteiger partial charge on any atom is 0.429 e. The molecule has 0 saturated heterocycles. The van der Waals surface area contributed by atoms with Gasteiger partial charge in [-0.1, -0.05) is 6.07 Å². The van der Waals surface area contributed by atoms with Crippen LogP contribution in [-0.2, 0) is 12.7 Å². The molecule has 2 aromatic rings. The lowest BCUT2D eigenvalue weighted by Crippen LogP contribution is -2.41. The predicted molar refractivity (Wildman–Crippen MR) is 84.7 cm³/mol. The van der Waals surface area contributed by atoms with Gasteiger partial charge in [0.15, 0.2) is 0 Å². The van der Waals surface area contributed by atoms with Gasteiger partial charge in [0.2, 0.25) is 5.69 Å². The fraction of sp³-hybridized carbons (Fsp3) is 0.125. The van der Waals surface area contributed by atoms with E-state index in [9.17, 15) is 33.4 Å². The van der Waals surface area contributed by atoms with Crippen molar-refractivity contribution in [2.45, 2.75) is 12.7 Å². The first-order valence-corrected chi connectivity index (χ1v) is 7.39. The molecule has 0 aliphatic carbocycles. The summed E-state index contributed by atoms with van der Waals surface area (Å²) in [5, 5.41) is 24.2. The van der Waals surface area contributed by atoms with Crippen molar-refractivity contribution in [3.8, 4) is 0 Å². The number of benzene rings is 2. The minimum absolute atomic E-state index is 0.0417. The van der Waals surface area contributed by atoms with Crippen molar-refractivity contribution in [1.82, 2.24) is 4.65 Å². The molecule has 26 heavy (non-hydrogen) atoms. The molecule has 0 fully saturated rings. The number of quaternary nitrogens is 1. The molecule has 7 nitrogen and oxygen atoms in total. The van der Waals surface area contributed by atoms with Crippen molar-refractivity contribution in [3.63, 3.8) is 0 Å². The molecule has 1 unspecified atom stereocenters. The molecular formula is C16H9F3N3O4+. The highest BCUT2D eigenvalue weighted by molar-refractivity contribution is 5.75. The van der Waals surface area contributed by atoms with E-state index < -0.39 is 27.9 Å². The number of halogens is 3. The molecule has 1 atom stereocenters. The summed E-state index contributed by atoms with van der Waals surface area (Å²) in [6.45, 7) is -0.408. The highest BCUT2D eigenvalue weighted by Crippen LogP contribution is 2.50. The first-order valence-electron chi connectivity index (χ1n) is 7.39. The van der Waals surface area contributed by atoms with Gasteiger partial charge in [-0.2, -0.15) is 13.2 Å². The zero-order valence-electron chi connectivity index (χ0n) is 12.9. The Kier molecular flexibility index (Phi) is 3.12. The van der Waals surface area contributed by atoms with E-state index in [1.165, 1.54) is 18.2 Å². The number of nitro benzene ring substituents is 1. The maximum absolute atomic E-state index is 13.3. The maximum atomic E-state index is 13.3. The van der Waals surface area contributed by atoms with Crippen LogP contribution in [0.2, 0.25) is 0 Å². The lowest BCUT2D eigenvalue weighted by atomic mass is 9.99. The van der Waals surface area contributed by atoms with E-state index in [2.05, 4.69) is 0 Å². The van der Waals surface area contributed by atoms with Gasteiger partial charge in [-0.05, 0) is 17.7 Å². The minimum atomic E-state index is -4.55. The zero-order valence-corrected chi connectivity index (χ0v) is 12.9. The first-order chi connectivity index (χ1) is 12.1. The second-order valence-electron chi connectivity index (χ2n) is 6.04. The second-order valence-corrected chi connectivity index (χ2v) is 6.04. The van der Waals surface area contributed by atoms with Crippen LogP contribution in [0.4, 0.5) is 30.2 Å². The van der Waals surface area contributed by atoms with Crippen molar-refractivity contribution < 1.29 is 22.9 Å². The van der Waals surface area contributed by atoms with Gasteiger partial charge in [-0.15, -0.1) is 0 Å². The monoisotopic (exact) mass is 364 g/mol. The zero-order chi connectivity index (χ0) is 18.9. The topological polar surface area (TPSA) is 86.3 Å². The minimum Gasteiger partial charge on any atom is -0.617 e. The van der Waals surface area contributed by atoms with Gasteiger partial charge in [0.1, 0.15) is 11.3 Å². The van der Waals surface area contributed by atoms with Crippen molar-refractivity contribution in [1.29, 1.82) is 0 Å². The van der Waals surface area contributed by atoms with Crippen LogP contribution in [0.1, 0.15) is 16.7 Å². The largest absolute Gasteiger partial charge is 0.617 e. The number of nitroso groups, excluding NO2 is 1. The van der Waals surface area contributed by atoms with Crippen LogP contribution in [0.3, 0.4) is 0 Å².